The number of benzene rings is 1. The minimum absolute atomic E-state index is 0.00527. The number of likely N-dealkylation sites (tertiary alicyclic amines) is 1. The zero-order valence-electron chi connectivity index (χ0n) is 12.1. The average Bonchev–Trinajstić information content (AvgIpc) is 3.04. The molecule has 1 amide bonds. The maximum absolute atomic E-state index is 12.5. The SMILES string of the molecule is O=C(COc1ccccc1Cl)N1CCCC1c1ccncc1. The lowest BCUT2D eigenvalue weighted by Crippen LogP contribution is -2.34. The number of hydrogen-bond donors (Lipinski definition) is 0. The number of carbonyl (C=O) groups is 1. The largest absolute Gasteiger partial charge is 0.482 e. The molecule has 1 atom stereocenters. The Balaban J connectivity index is 1.65. The van der Waals surface area contributed by atoms with Crippen molar-refractivity contribution < 1.29 is 9.53 Å². The lowest BCUT2D eigenvalue weighted by Gasteiger charge is -2.25. The second-order valence-electron chi connectivity index (χ2n) is 5.24. The molecule has 1 unspecified atom stereocenters. The summed E-state index contributed by atoms with van der Waals surface area (Å²) in [6.07, 6.45) is 5.50. The first-order valence-corrected chi connectivity index (χ1v) is 7.70. The number of halogens is 1. The quantitative estimate of drug-likeness (QED) is 0.867. The van der Waals surface area contributed by atoms with E-state index in [9.17, 15) is 4.79 Å². The van der Waals surface area contributed by atoms with Gasteiger partial charge in [-0.15, -0.1) is 0 Å². The summed E-state index contributed by atoms with van der Waals surface area (Å²) in [6, 6.07) is 11.2. The van der Waals surface area contributed by atoms with Gasteiger partial charge in [-0.3, -0.25) is 9.78 Å². The summed E-state index contributed by atoms with van der Waals surface area (Å²) in [5, 5.41) is 0.516. The lowest BCUT2D eigenvalue weighted by atomic mass is 10.1. The van der Waals surface area contributed by atoms with Gasteiger partial charge in [0, 0.05) is 18.9 Å². The van der Waals surface area contributed by atoms with Gasteiger partial charge in [0.2, 0.25) is 0 Å². The predicted octanol–water partition coefficient (Wildman–Crippen LogP) is 3.48. The first-order valence-electron chi connectivity index (χ1n) is 7.32. The van der Waals surface area contributed by atoms with Gasteiger partial charge in [0.15, 0.2) is 6.61 Å². The molecular weight excluding hydrogens is 300 g/mol. The van der Waals surface area contributed by atoms with E-state index in [0.29, 0.717) is 10.8 Å². The summed E-state index contributed by atoms with van der Waals surface area (Å²) >= 11 is 6.04. The highest BCUT2D eigenvalue weighted by Gasteiger charge is 2.30. The van der Waals surface area contributed by atoms with Crippen LogP contribution in [0.25, 0.3) is 0 Å². The lowest BCUT2D eigenvalue weighted by molar-refractivity contribution is -0.134. The van der Waals surface area contributed by atoms with Gasteiger partial charge >= 0.3 is 0 Å². The number of ether oxygens (including phenoxy) is 1. The van der Waals surface area contributed by atoms with Crippen LogP contribution in [0.3, 0.4) is 0 Å². The van der Waals surface area contributed by atoms with Crippen LogP contribution in [0.5, 0.6) is 5.75 Å². The second kappa shape index (κ2) is 6.79. The Hall–Kier alpha value is -2.07. The highest BCUT2D eigenvalue weighted by molar-refractivity contribution is 6.32. The number of aromatic nitrogens is 1. The Kier molecular flexibility index (Phi) is 4.59. The van der Waals surface area contributed by atoms with Gasteiger partial charge in [0.1, 0.15) is 5.75 Å². The fourth-order valence-corrected chi connectivity index (χ4v) is 2.97. The Morgan fingerprint density at radius 3 is 2.82 bits per heavy atom. The summed E-state index contributed by atoms with van der Waals surface area (Å²) in [5.74, 6) is 0.524. The van der Waals surface area contributed by atoms with E-state index in [1.54, 1.807) is 24.5 Å². The topological polar surface area (TPSA) is 42.4 Å². The molecule has 2 aromatic rings. The van der Waals surface area contributed by atoms with Crippen LogP contribution < -0.4 is 4.74 Å². The van der Waals surface area contributed by atoms with E-state index in [2.05, 4.69) is 4.98 Å². The van der Waals surface area contributed by atoms with Crippen molar-refractivity contribution in [3.05, 3.63) is 59.4 Å². The van der Waals surface area contributed by atoms with E-state index in [0.717, 1.165) is 24.9 Å². The Morgan fingerprint density at radius 1 is 1.27 bits per heavy atom. The highest BCUT2D eigenvalue weighted by atomic mass is 35.5. The average molecular weight is 317 g/mol. The molecule has 4 nitrogen and oxygen atoms in total. The molecule has 0 N–H and O–H groups in total. The fourth-order valence-electron chi connectivity index (χ4n) is 2.78. The zero-order valence-corrected chi connectivity index (χ0v) is 12.9. The number of amides is 1. The van der Waals surface area contributed by atoms with E-state index in [1.807, 2.05) is 29.2 Å². The van der Waals surface area contributed by atoms with Gasteiger partial charge in [-0.25, -0.2) is 0 Å². The van der Waals surface area contributed by atoms with Crippen molar-refractivity contribution in [2.75, 3.05) is 13.2 Å². The Labute approximate surface area is 134 Å². The second-order valence-corrected chi connectivity index (χ2v) is 5.65. The van der Waals surface area contributed by atoms with E-state index >= 15 is 0 Å². The number of rotatable bonds is 4. The molecule has 0 radical (unpaired) electrons. The minimum Gasteiger partial charge on any atom is -0.482 e. The molecule has 1 aliphatic heterocycles. The number of carbonyl (C=O) groups excluding carboxylic acids is 1. The molecule has 0 bridgehead atoms. The van der Waals surface area contributed by atoms with Gasteiger partial charge in [-0.2, -0.15) is 0 Å². The third-order valence-electron chi connectivity index (χ3n) is 3.85. The maximum Gasteiger partial charge on any atom is 0.261 e. The normalized spacial score (nSPS) is 17.5. The number of hydrogen-bond acceptors (Lipinski definition) is 3. The summed E-state index contributed by atoms with van der Waals surface area (Å²) in [6.45, 7) is 0.767. The van der Waals surface area contributed by atoms with Gasteiger partial charge in [0.25, 0.3) is 5.91 Å². The van der Waals surface area contributed by atoms with Gasteiger partial charge < -0.3 is 9.64 Å². The number of para-hydroxylation sites is 1. The molecule has 0 spiro atoms. The van der Waals surface area contributed by atoms with E-state index in [-0.39, 0.29) is 18.6 Å². The summed E-state index contributed by atoms with van der Waals surface area (Å²) in [7, 11) is 0. The predicted molar refractivity (Wildman–Crippen MR) is 84.9 cm³/mol. The van der Waals surface area contributed by atoms with Crippen LogP contribution >= 0.6 is 11.6 Å². The van der Waals surface area contributed by atoms with Crippen molar-refractivity contribution in [3.8, 4) is 5.75 Å². The summed E-state index contributed by atoms with van der Waals surface area (Å²) in [5.41, 5.74) is 1.12. The van der Waals surface area contributed by atoms with E-state index < -0.39 is 0 Å². The van der Waals surface area contributed by atoms with Crippen LogP contribution in [-0.2, 0) is 4.79 Å². The number of pyridine rings is 1. The van der Waals surface area contributed by atoms with Crippen LogP contribution in [0, 0.1) is 0 Å². The maximum atomic E-state index is 12.5. The molecule has 114 valence electrons. The summed E-state index contributed by atoms with van der Waals surface area (Å²) in [4.78, 5) is 18.4. The first-order chi connectivity index (χ1) is 10.8. The number of nitrogens with zero attached hydrogens (tertiary/aromatic N) is 2. The van der Waals surface area contributed by atoms with Crippen LogP contribution in [0.15, 0.2) is 48.8 Å². The smallest absolute Gasteiger partial charge is 0.261 e. The molecule has 1 fully saturated rings. The molecule has 0 aliphatic carbocycles. The molecule has 1 saturated heterocycles. The monoisotopic (exact) mass is 316 g/mol. The molecule has 0 saturated carbocycles. The standard InChI is InChI=1S/C17H17ClN2O2/c18-14-4-1-2-6-16(14)22-12-17(21)20-11-3-5-15(20)13-7-9-19-10-8-13/h1-2,4,6-10,15H,3,5,11-12H2. The van der Waals surface area contributed by atoms with E-state index in [4.69, 9.17) is 16.3 Å². The van der Waals surface area contributed by atoms with Gasteiger partial charge in [0.05, 0.1) is 11.1 Å². The molecule has 2 heterocycles. The summed E-state index contributed by atoms with van der Waals surface area (Å²) < 4.78 is 5.56. The van der Waals surface area contributed by atoms with Gasteiger partial charge in [-0.1, -0.05) is 23.7 Å². The fraction of sp³-hybridized carbons (Fsp3) is 0.294. The highest BCUT2D eigenvalue weighted by Crippen LogP contribution is 2.31. The van der Waals surface area contributed by atoms with Crippen LogP contribution in [-0.4, -0.2) is 28.9 Å². The van der Waals surface area contributed by atoms with Crippen molar-refractivity contribution in [2.45, 2.75) is 18.9 Å². The van der Waals surface area contributed by atoms with Crippen LogP contribution in [0.1, 0.15) is 24.4 Å². The van der Waals surface area contributed by atoms with Crippen molar-refractivity contribution in [2.24, 2.45) is 0 Å². The Bertz CT molecular complexity index is 648. The molecule has 1 aromatic heterocycles. The first kappa shape index (κ1) is 14.9. The minimum atomic E-state index is -0.0146. The van der Waals surface area contributed by atoms with Crippen molar-refractivity contribution >= 4 is 17.5 Å². The molecule has 22 heavy (non-hydrogen) atoms. The third kappa shape index (κ3) is 3.22. The van der Waals surface area contributed by atoms with Crippen LogP contribution in [0.2, 0.25) is 5.02 Å². The van der Waals surface area contributed by atoms with Crippen molar-refractivity contribution in [1.82, 2.24) is 9.88 Å². The molecule has 5 heteroatoms. The molecule has 1 aliphatic rings. The van der Waals surface area contributed by atoms with Crippen molar-refractivity contribution in [1.29, 1.82) is 0 Å². The third-order valence-corrected chi connectivity index (χ3v) is 4.16. The van der Waals surface area contributed by atoms with E-state index in [1.165, 1.54) is 0 Å². The van der Waals surface area contributed by atoms with Gasteiger partial charge in [-0.05, 0) is 42.7 Å². The Morgan fingerprint density at radius 2 is 2.05 bits per heavy atom. The van der Waals surface area contributed by atoms with Crippen LogP contribution in [0.4, 0.5) is 0 Å². The molecular formula is C17H17ClN2O2. The zero-order chi connectivity index (χ0) is 15.4. The van der Waals surface area contributed by atoms with Crippen molar-refractivity contribution in [3.63, 3.8) is 0 Å². The molecule has 3 rings (SSSR count). The molecule has 1 aromatic carbocycles.